The second-order valence-electron chi connectivity index (χ2n) is 14.7. The van der Waals surface area contributed by atoms with E-state index in [-0.39, 0.29) is 74.9 Å². The van der Waals surface area contributed by atoms with Crippen LogP contribution in [0.2, 0.25) is 10.3 Å². The first-order valence-electron chi connectivity index (χ1n) is 19.9. The van der Waals surface area contributed by atoms with Crippen molar-refractivity contribution >= 4 is 88.1 Å². The number of aromatic nitrogens is 7. The maximum absolute atomic E-state index is 12.8. The lowest BCUT2D eigenvalue weighted by atomic mass is 9.91. The first kappa shape index (κ1) is 43.7. The maximum Gasteiger partial charge on any atom is 0.302 e. The van der Waals surface area contributed by atoms with E-state index < -0.39 is 11.8 Å². The van der Waals surface area contributed by atoms with Gasteiger partial charge in [-0.15, -0.1) is 0 Å². The molecular formula is C39H46Cl2N20O2. The summed E-state index contributed by atoms with van der Waals surface area (Å²) in [5.41, 5.74) is 36.9. The van der Waals surface area contributed by atoms with Gasteiger partial charge in [0, 0.05) is 50.7 Å². The Labute approximate surface area is 371 Å². The van der Waals surface area contributed by atoms with E-state index in [0.29, 0.717) is 76.3 Å². The van der Waals surface area contributed by atoms with Crippen LogP contribution in [0.25, 0.3) is 0 Å². The second-order valence-corrected chi connectivity index (χ2v) is 15.4. The minimum atomic E-state index is -0.809. The van der Waals surface area contributed by atoms with Gasteiger partial charge in [0.05, 0.1) is 0 Å². The summed E-state index contributed by atoms with van der Waals surface area (Å²) in [6.45, 7) is 2.77. The monoisotopic (exact) mass is 896 g/mol. The molecule has 2 aliphatic heterocycles. The molecule has 24 heteroatoms. The SMILES string of the molecule is N/C(=N\C(=O)c1nc(Cl)c(N)nc1N)NC1CCN(c2nc(NCC(c3ccccc3)c3ccccc3)nc(N3CCC(N/C(N)=N/C(=O)c4nc(Cl)c(N)nc4N)CC3)n2)CC1. The highest BCUT2D eigenvalue weighted by Gasteiger charge is 2.27. The minimum absolute atomic E-state index is 0.0127. The largest absolute Gasteiger partial charge is 0.382 e. The summed E-state index contributed by atoms with van der Waals surface area (Å²) < 4.78 is 0. The number of hydrogen-bond donors (Lipinski definition) is 9. The molecule has 7 rings (SSSR count). The van der Waals surface area contributed by atoms with Gasteiger partial charge < -0.3 is 60.2 Å². The maximum atomic E-state index is 12.8. The normalized spacial score (nSPS) is 15.3. The van der Waals surface area contributed by atoms with E-state index in [2.05, 4.69) is 79.9 Å². The summed E-state index contributed by atoms with van der Waals surface area (Å²) in [4.78, 5) is 67.8. The number of carbonyl (C=O) groups is 2. The first-order valence-corrected chi connectivity index (χ1v) is 20.6. The highest BCUT2D eigenvalue weighted by Crippen LogP contribution is 2.27. The van der Waals surface area contributed by atoms with E-state index in [1.54, 1.807) is 0 Å². The molecular weight excluding hydrogens is 851 g/mol. The second kappa shape index (κ2) is 19.6. The molecule has 2 amide bonds. The Balaban J connectivity index is 1.05. The van der Waals surface area contributed by atoms with Crippen molar-refractivity contribution in [1.82, 2.24) is 45.5 Å². The van der Waals surface area contributed by atoms with Crippen LogP contribution in [0.4, 0.5) is 41.1 Å². The van der Waals surface area contributed by atoms with Crippen molar-refractivity contribution in [3.05, 3.63) is 93.5 Å². The van der Waals surface area contributed by atoms with Gasteiger partial charge in [0.1, 0.15) is 0 Å². The number of nitrogens with two attached hydrogens (primary N) is 6. The molecule has 0 atom stereocenters. The molecule has 63 heavy (non-hydrogen) atoms. The Bertz CT molecular complexity index is 2330. The van der Waals surface area contributed by atoms with Gasteiger partial charge in [-0.05, 0) is 36.8 Å². The zero-order valence-electron chi connectivity index (χ0n) is 33.8. The fourth-order valence-corrected chi connectivity index (χ4v) is 7.41. The van der Waals surface area contributed by atoms with Gasteiger partial charge in [0.2, 0.25) is 17.8 Å². The lowest BCUT2D eigenvalue weighted by Gasteiger charge is -2.35. The Hall–Kier alpha value is -7.33. The van der Waals surface area contributed by atoms with Crippen LogP contribution in [0.15, 0.2) is 70.6 Å². The lowest BCUT2D eigenvalue weighted by molar-refractivity contribution is 0.0990. The van der Waals surface area contributed by atoms with Crippen molar-refractivity contribution in [2.75, 3.05) is 70.8 Å². The number of anilines is 7. The van der Waals surface area contributed by atoms with Crippen LogP contribution in [-0.4, -0.2) is 103 Å². The van der Waals surface area contributed by atoms with Crippen LogP contribution in [0.5, 0.6) is 0 Å². The van der Waals surface area contributed by atoms with Crippen LogP contribution in [-0.2, 0) is 0 Å². The number of piperidine rings is 2. The van der Waals surface area contributed by atoms with Crippen LogP contribution in [0.3, 0.4) is 0 Å². The third-order valence-corrected chi connectivity index (χ3v) is 11.0. The van der Waals surface area contributed by atoms with Crippen molar-refractivity contribution < 1.29 is 9.59 Å². The molecule has 3 aromatic heterocycles. The molecule has 2 saturated heterocycles. The Morgan fingerprint density at radius 3 is 1.40 bits per heavy atom. The van der Waals surface area contributed by atoms with Gasteiger partial charge in [-0.3, -0.25) is 9.59 Å². The fourth-order valence-electron chi connectivity index (χ4n) is 7.16. The van der Waals surface area contributed by atoms with E-state index in [0.717, 1.165) is 11.1 Å². The molecule has 5 heterocycles. The van der Waals surface area contributed by atoms with Crippen LogP contribution < -0.4 is 60.2 Å². The van der Waals surface area contributed by atoms with Gasteiger partial charge in [-0.1, -0.05) is 83.9 Å². The molecule has 0 unspecified atom stereocenters. The third kappa shape index (κ3) is 11.0. The van der Waals surface area contributed by atoms with Gasteiger partial charge in [-0.25, -0.2) is 19.9 Å². The molecule has 0 aliphatic carbocycles. The van der Waals surface area contributed by atoms with Gasteiger partial charge in [0.25, 0.3) is 0 Å². The summed E-state index contributed by atoms with van der Waals surface area (Å²) in [6.07, 6.45) is 2.50. The van der Waals surface area contributed by atoms with Crippen molar-refractivity contribution in [2.45, 2.75) is 43.7 Å². The van der Waals surface area contributed by atoms with Crippen LogP contribution >= 0.6 is 23.2 Å². The number of rotatable bonds is 11. The van der Waals surface area contributed by atoms with Crippen molar-refractivity contribution in [1.29, 1.82) is 0 Å². The topological polar surface area (TPSA) is 348 Å². The number of nitrogen functional groups attached to an aromatic ring is 4. The third-order valence-electron chi connectivity index (χ3n) is 10.4. The average molecular weight is 898 g/mol. The van der Waals surface area contributed by atoms with E-state index in [1.165, 1.54) is 0 Å². The Kier molecular flexibility index (Phi) is 13.6. The summed E-state index contributed by atoms with van der Waals surface area (Å²) >= 11 is 11.9. The van der Waals surface area contributed by atoms with E-state index in [1.807, 2.05) is 36.4 Å². The molecule has 0 spiro atoms. The van der Waals surface area contributed by atoms with Gasteiger partial charge in [-0.2, -0.15) is 24.9 Å². The van der Waals surface area contributed by atoms with Gasteiger partial charge >= 0.3 is 11.8 Å². The average Bonchev–Trinajstić information content (AvgIpc) is 3.27. The van der Waals surface area contributed by atoms with Crippen LogP contribution in [0, 0.1) is 0 Å². The van der Waals surface area contributed by atoms with Crippen molar-refractivity contribution in [3.63, 3.8) is 0 Å². The fraction of sp³-hybridized carbons (Fsp3) is 0.308. The molecule has 0 radical (unpaired) electrons. The molecule has 2 fully saturated rings. The predicted molar refractivity (Wildman–Crippen MR) is 243 cm³/mol. The summed E-state index contributed by atoms with van der Waals surface area (Å²) in [7, 11) is 0. The number of guanidine groups is 2. The van der Waals surface area contributed by atoms with Gasteiger partial charge in [0.15, 0.2) is 56.9 Å². The van der Waals surface area contributed by atoms with Crippen molar-refractivity contribution in [3.8, 4) is 0 Å². The first-order chi connectivity index (χ1) is 30.3. The van der Waals surface area contributed by atoms with E-state index >= 15 is 0 Å². The molecule has 5 aromatic rings. The van der Waals surface area contributed by atoms with Crippen LogP contribution in [0.1, 0.15) is 63.7 Å². The Morgan fingerprint density at radius 1 is 0.603 bits per heavy atom. The number of nitrogens with zero attached hydrogens (tertiary/aromatic N) is 11. The number of carbonyl (C=O) groups excluding carboxylic acids is 2. The van der Waals surface area contributed by atoms with E-state index in [9.17, 15) is 9.59 Å². The standard InChI is InChI=1S/C39H46Cl2N20O2/c40-27-31(44)53-29(42)25(51-27)33(62)55-35(46)49-22-11-15-60(16-12-22)38-57-37(48-19-24(20-7-3-1-4-8-20)21-9-5-2-6-10-21)58-39(59-38)61-17-13-23(14-18-61)50-36(47)56-34(63)26-30(43)54-32(45)28(41)52-26/h1-10,22-24H,11-19H2,(H4,42,44,53)(H4,43,45,54)(H3,46,49,55,62)(H3,47,50,56,63)(H,48,57,58,59). The zero-order chi connectivity index (χ0) is 44.6. The highest BCUT2D eigenvalue weighted by molar-refractivity contribution is 6.32. The highest BCUT2D eigenvalue weighted by atomic mass is 35.5. The molecule has 2 aromatic carbocycles. The number of benzene rings is 2. The number of halogens is 2. The molecule has 2 aliphatic rings. The summed E-state index contributed by atoms with van der Waals surface area (Å²) in [6, 6.07) is 20.3. The molecule has 22 nitrogen and oxygen atoms in total. The number of hydrogen-bond acceptors (Lipinski definition) is 16. The Morgan fingerprint density at radius 2 is 1.00 bits per heavy atom. The van der Waals surface area contributed by atoms with Crippen molar-refractivity contribution in [2.24, 2.45) is 21.5 Å². The molecule has 328 valence electrons. The lowest BCUT2D eigenvalue weighted by Crippen LogP contribution is -2.48. The number of aliphatic imine (C=N–C) groups is 2. The quantitative estimate of drug-likeness (QED) is 0.0673. The summed E-state index contributed by atoms with van der Waals surface area (Å²) in [5, 5.41) is 9.42. The zero-order valence-corrected chi connectivity index (χ0v) is 35.3. The summed E-state index contributed by atoms with van der Waals surface area (Å²) in [5.74, 6) is -0.995. The smallest absolute Gasteiger partial charge is 0.302 e. The molecule has 0 bridgehead atoms. The predicted octanol–water partition coefficient (Wildman–Crippen LogP) is 1.76. The number of amides is 2. The molecule has 15 N–H and O–H groups in total. The molecule has 0 saturated carbocycles. The van der Waals surface area contributed by atoms with E-state index in [4.69, 9.17) is 72.6 Å². The number of nitrogens with one attached hydrogen (secondary N) is 3. The minimum Gasteiger partial charge on any atom is -0.382 e.